The molecule has 0 amide bonds. The summed E-state index contributed by atoms with van der Waals surface area (Å²) in [6, 6.07) is 17.2. The molecule has 2 N–H and O–H groups in total. The summed E-state index contributed by atoms with van der Waals surface area (Å²) in [5.74, 6) is 0.913. The van der Waals surface area contributed by atoms with Crippen LogP contribution in [0.25, 0.3) is 10.8 Å². The molecular weight excluding hydrogens is 412 g/mol. The number of hydrogen-bond acceptors (Lipinski definition) is 3. The third kappa shape index (κ3) is 3.68. The van der Waals surface area contributed by atoms with Crippen molar-refractivity contribution in [2.45, 2.75) is 56.6 Å². The van der Waals surface area contributed by atoms with Gasteiger partial charge in [-0.25, -0.2) is 0 Å². The molecule has 1 unspecified atom stereocenters. The van der Waals surface area contributed by atoms with Crippen LogP contribution in [0.1, 0.15) is 44.6 Å². The van der Waals surface area contributed by atoms with Crippen molar-refractivity contribution in [1.82, 2.24) is 4.98 Å². The minimum atomic E-state index is 0.0577. The zero-order valence-electron chi connectivity index (χ0n) is 16.3. The molecule has 146 valence electrons. The number of nitrogens with zero attached hydrogens (tertiary/aromatic N) is 1. The molecule has 4 heteroatoms. The number of nitrogens with two attached hydrogens (primary N) is 1. The first kappa shape index (κ1) is 19.4. The van der Waals surface area contributed by atoms with Crippen LogP contribution >= 0.6 is 15.9 Å². The van der Waals surface area contributed by atoms with E-state index in [-0.39, 0.29) is 17.6 Å². The maximum absolute atomic E-state index is 6.64. The van der Waals surface area contributed by atoms with Gasteiger partial charge >= 0.3 is 0 Å². The number of pyridine rings is 1. The quantitative estimate of drug-likeness (QED) is 0.531. The average Bonchev–Trinajstić information content (AvgIpc) is 2.75. The van der Waals surface area contributed by atoms with Crippen molar-refractivity contribution < 1.29 is 4.74 Å². The molecule has 1 saturated carbocycles. The van der Waals surface area contributed by atoms with E-state index in [1.807, 2.05) is 18.5 Å². The van der Waals surface area contributed by atoms with Gasteiger partial charge in [-0.3, -0.25) is 4.98 Å². The zero-order chi connectivity index (χ0) is 19.6. The van der Waals surface area contributed by atoms with Gasteiger partial charge in [0.25, 0.3) is 0 Å². The minimum Gasteiger partial charge on any atom is -0.489 e. The number of rotatable bonds is 5. The molecule has 1 aliphatic rings. The maximum atomic E-state index is 6.64. The maximum Gasteiger partial charge on any atom is 0.134 e. The Labute approximate surface area is 175 Å². The van der Waals surface area contributed by atoms with Crippen molar-refractivity contribution in [2.75, 3.05) is 0 Å². The van der Waals surface area contributed by atoms with E-state index < -0.39 is 0 Å². The molecule has 0 spiro atoms. The van der Waals surface area contributed by atoms with Gasteiger partial charge in [0.05, 0.1) is 10.6 Å². The first-order chi connectivity index (χ1) is 13.6. The van der Waals surface area contributed by atoms with Gasteiger partial charge in [-0.2, -0.15) is 0 Å². The summed E-state index contributed by atoms with van der Waals surface area (Å²) in [5, 5.41) is 2.26. The molecular formula is C24H27BrN2O. The lowest BCUT2D eigenvalue weighted by molar-refractivity contribution is 0.103. The summed E-state index contributed by atoms with van der Waals surface area (Å²) in [7, 11) is 0. The minimum absolute atomic E-state index is 0.0577. The van der Waals surface area contributed by atoms with E-state index in [9.17, 15) is 0 Å². The third-order valence-electron chi connectivity index (χ3n) is 6.31. The highest BCUT2D eigenvalue weighted by molar-refractivity contribution is 9.10. The predicted molar refractivity (Wildman–Crippen MR) is 119 cm³/mol. The Balaban J connectivity index is 1.52. The Morgan fingerprint density at radius 1 is 1.14 bits per heavy atom. The lowest BCUT2D eigenvalue weighted by atomic mass is 9.64. The largest absolute Gasteiger partial charge is 0.489 e. The highest BCUT2D eigenvalue weighted by Crippen LogP contribution is 2.44. The fourth-order valence-corrected chi connectivity index (χ4v) is 5.07. The van der Waals surface area contributed by atoms with Crippen LogP contribution in [0.3, 0.4) is 0 Å². The fourth-order valence-electron chi connectivity index (χ4n) is 4.62. The Bertz CT molecular complexity index is 936. The number of fused-ring (bicyclic) bond motifs is 1. The second kappa shape index (κ2) is 8.22. The average molecular weight is 439 g/mol. The molecule has 1 aliphatic carbocycles. The Hall–Kier alpha value is -1.91. The van der Waals surface area contributed by atoms with E-state index in [4.69, 9.17) is 10.5 Å². The van der Waals surface area contributed by atoms with E-state index in [2.05, 4.69) is 70.3 Å². The summed E-state index contributed by atoms with van der Waals surface area (Å²) in [6.07, 6.45) is 9.07. The van der Waals surface area contributed by atoms with Crippen LogP contribution < -0.4 is 10.5 Å². The molecule has 2 aromatic carbocycles. The number of benzene rings is 2. The number of halogens is 1. The molecule has 28 heavy (non-hydrogen) atoms. The smallest absolute Gasteiger partial charge is 0.134 e. The summed E-state index contributed by atoms with van der Waals surface area (Å²) in [6.45, 7) is 2.19. The normalized spacial score (nSPS) is 23.5. The standard InChI is InChI=1S/C24H27BrN2O/c1-2-23(26)24(19-6-4-3-5-7-19)11-8-20(9-12-24)28-22-15-17-10-13-27-16-18(17)14-21(22)25/h3-7,10,13-16,20,23H,2,8-9,11-12,26H2,1H3. The molecule has 3 nitrogen and oxygen atoms in total. The predicted octanol–water partition coefficient (Wildman–Crippen LogP) is 5.99. The SMILES string of the molecule is CCC(N)C1(c2ccccc2)CCC(Oc2cc3ccncc3cc2Br)CC1. The van der Waals surface area contributed by atoms with Crippen LogP contribution in [0.5, 0.6) is 5.75 Å². The van der Waals surface area contributed by atoms with Gasteiger partial charge in [0.2, 0.25) is 0 Å². The Morgan fingerprint density at radius 2 is 1.89 bits per heavy atom. The van der Waals surface area contributed by atoms with Crippen molar-refractivity contribution in [2.24, 2.45) is 5.73 Å². The molecule has 1 aromatic heterocycles. The van der Waals surface area contributed by atoms with Crippen LogP contribution in [0, 0.1) is 0 Å². The first-order valence-electron chi connectivity index (χ1n) is 10.1. The Morgan fingerprint density at radius 3 is 2.61 bits per heavy atom. The van der Waals surface area contributed by atoms with E-state index >= 15 is 0 Å². The number of hydrogen-bond donors (Lipinski definition) is 1. The zero-order valence-corrected chi connectivity index (χ0v) is 17.9. The van der Waals surface area contributed by atoms with Crippen LogP contribution in [-0.2, 0) is 5.41 Å². The summed E-state index contributed by atoms with van der Waals surface area (Å²) >= 11 is 3.67. The van der Waals surface area contributed by atoms with Gasteiger partial charge in [-0.05, 0) is 77.2 Å². The second-order valence-electron chi connectivity index (χ2n) is 7.86. The second-order valence-corrected chi connectivity index (χ2v) is 8.71. The monoisotopic (exact) mass is 438 g/mol. The van der Waals surface area contributed by atoms with E-state index in [0.717, 1.165) is 53.1 Å². The molecule has 1 atom stereocenters. The molecule has 1 fully saturated rings. The molecule has 0 saturated heterocycles. The van der Waals surface area contributed by atoms with E-state index in [1.165, 1.54) is 5.56 Å². The van der Waals surface area contributed by atoms with Gasteiger partial charge in [0, 0.05) is 29.2 Å². The van der Waals surface area contributed by atoms with Gasteiger partial charge < -0.3 is 10.5 Å². The fraction of sp³-hybridized carbons (Fsp3) is 0.375. The third-order valence-corrected chi connectivity index (χ3v) is 6.93. The van der Waals surface area contributed by atoms with Crippen molar-refractivity contribution in [1.29, 1.82) is 0 Å². The van der Waals surface area contributed by atoms with Crippen LogP contribution in [0.4, 0.5) is 0 Å². The summed E-state index contributed by atoms with van der Waals surface area (Å²) in [5.41, 5.74) is 8.08. The molecule has 0 aliphatic heterocycles. The summed E-state index contributed by atoms with van der Waals surface area (Å²) < 4.78 is 7.41. The number of aromatic nitrogens is 1. The molecule has 1 heterocycles. The van der Waals surface area contributed by atoms with Gasteiger partial charge in [-0.15, -0.1) is 0 Å². The highest BCUT2D eigenvalue weighted by Gasteiger charge is 2.41. The molecule has 0 radical (unpaired) electrons. The highest BCUT2D eigenvalue weighted by atomic mass is 79.9. The van der Waals surface area contributed by atoms with Crippen molar-refractivity contribution in [3.05, 3.63) is 71.0 Å². The van der Waals surface area contributed by atoms with Crippen LogP contribution in [-0.4, -0.2) is 17.1 Å². The van der Waals surface area contributed by atoms with Gasteiger partial charge in [0.15, 0.2) is 0 Å². The lowest BCUT2D eigenvalue weighted by Crippen LogP contribution is -2.48. The molecule has 4 rings (SSSR count). The van der Waals surface area contributed by atoms with Gasteiger partial charge in [0.1, 0.15) is 5.75 Å². The van der Waals surface area contributed by atoms with E-state index in [0.29, 0.717) is 0 Å². The van der Waals surface area contributed by atoms with Crippen LogP contribution in [0.15, 0.2) is 65.4 Å². The van der Waals surface area contributed by atoms with Gasteiger partial charge in [-0.1, -0.05) is 37.3 Å². The van der Waals surface area contributed by atoms with Crippen molar-refractivity contribution in [3.8, 4) is 5.75 Å². The summed E-state index contributed by atoms with van der Waals surface area (Å²) in [4.78, 5) is 4.20. The van der Waals surface area contributed by atoms with Crippen molar-refractivity contribution in [3.63, 3.8) is 0 Å². The number of ether oxygens (including phenoxy) is 1. The molecule has 0 bridgehead atoms. The Kier molecular flexibility index (Phi) is 5.70. The molecule has 3 aromatic rings. The first-order valence-corrected chi connectivity index (χ1v) is 10.9. The topological polar surface area (TPSA) is 48.1 Å². The van der Waals surface area contributed by atoms with Crippen LogP contribution in [0.2, 0.25) is 0 Å². The van der Waals surface area contributed by atoms with Crippen molar-refractivity contribution >= 4 is 26.7 Å². The lowest BCUT2D eigenvalue weighted by Gasteiger charge is -2.44. The van der Waals surface area contributed by atoms with E-state index in [1.54, 1.807) is 0 Å².